The van der Waals surface area contributed by atoms with E-state index in [9.17, 15) is 39.3 Å². The largest absolute Gasteiger partial charge is 0.456 e. The number of hydrogen-bond donors (Lipinski definition) is 4. The van der Waals surface area contributed by atoms with Gasteiger partial charge in [0.25, 0.3) is 5.91 Å². The quantitative estimate of drug-likeness (QED) is 0.130. The van der Waals surface area contributed by atoms with Crippen LogP contribution in [0.4, 0.5) is 0 Å². The zero-order valence-corrected chi connectivity index (χ0v) is 35.2. The average Bonchev–Trinajstić information content (AvgIpc) is 3.24. The number of hydrogen-bond acceptors (Lipinski definition) is 14. The summed E-state index contributed by atoms with van der Waals surface area (Å²) >= 11 is 0. The number of ether oxygens (including phenoxy) is 5. The summed E-state index contributed by atoms with van der Waals surface area (Å²) in [4.78, 5) is 83.5. The van der Waals surface area contributed by atoms with Gasteiger partial charge in [0.2, 0.25) is 0 Å². The Balaban J connectivity index is 1.39. The Morgan fingerprint density at radius 3 is 1.95 bits per heavy atom. The van der Waals surface area contributed by atoms with Gasteiger partial charge in [0.1, 0.15) is 23.9 Å². The van der Waals surface area contributed by atoms with Gasteiger partial charge in [-0.25, -0.2) is 9.59 Å². The highest BCUT2D eigenvalue weighted by atomic mass is 16.6. The fourth-order valence-electron chi connectivity index (χ4n) is 10.2. The Labute approximate surface area is 358 Å². The second-order valence-corrected chi connectivity index (χ2v) is 17.4. The zero-order valence-electron chi connectivity index (χ0n) is 35.2. The second-order valence-electron chi connectivity index (χ2n) is 17.4. The maximum Gasteiger partial charge on any atom is 0.338 e. The van der Waals surface area contributed by atoms with Crippen LogP contribution in [-0.4, -0.2) is 105 Å². The number of Topliss-reactive ketones (excluding diaryl/α,β-unsaturated/α-hetero) is 1. The van der Waals surface area contributed by atoms with E-state index in [1.54, 1.807) is 92.7 Å². The van der Waals surface area contributed by atoms with Crippen LogP contribution in [0, 0.1) is 16.7 Å². The van der Waals surface area contributed by atoms with E-state index in [4.69, 9.17) is 23.7 Å². The average molecular weight is 854 g/mol. The molecule has 4 aliphatic rings. The fourth-order valence-corrected chi connectivity index (χ4v) is 10.2. The lowest BCUT2D eigenvalue weighted by atomic mass is 9.44. The molecule has 1 aliphatic heterocycles. The van der Waals surface area contributed by atoms with Crippen LogP contribution in [0.1, 0.15) is 86.7 Å². The molecule has 1 heterocycles. The van der Waals surface area contributed by atoms with Crippen LogP contribution in [0.25, 0.3) is 0 Å². The number of aliphatic hydroxyl groups excluding tert-OH is 2. The molecule has 15 heteroatoms. The summed E-state index contributed by atoms with van der Waals surface area (Å²) in [7, 11) is 0. The monoisotopic (exact) mass is 853 g/mol. The van der Waals surface area contributed by atoms with E-state index in [1.807, 2.05) is 0 Å². The van der Waals surface area contributed by atoms with Gasteiger partial charge in [0.05, 0.1) is 35.6 Å². The standard InChI is InChI=1S/C47H51NO14/c1-25-31(60-43(56)36(52)35(28-16-10-7-11-17-28)48-41(54)29-18-12-8-13-19-29)23-47(57)40(61-42(55)30-20-14-9-15-21-30)38-45(6,32(51)22-33-46(38,24-58-33)62-27(3)50)39(53)37(59-26(2)49)34(25)44(47,4)5/h7-21,31-33,35-38,40,51-52,57H,22-24H2,1-6H3,(H,48,54)/t31-,32-,33?,35-,36+,37+,38?,40?,45+,46-,47+/m0/s1. The van der Waals surface area contributed by atoms with Crippen molar-refractivity contribution in [2.45, 2.75) is 108 Å². The molecule has 2 saturated carbocycles. The van der Waals surface area contributed by atoms with Crippen molar-refractivity contribution >= 4 is 35.6 Å². The van der Waals surface area contributed by atoms with Crippen molar-refractivity contribution in [1.29, 1.82) is 0 Å². The number of aliphatic hydroxyl groups is 3. The number of ketones is 1. The Bertz CT molecular complexity index is 2280. The Morgan fingerprint density at radius 1 is 0.823 bits per heavy atom. The van der Waals surface area contributed by atoms with Gasteiger partial charge in [-0.2, -0.15) is 0 Å². The molecule has 3 unspecified atom stereocenters. The van der Waals surface area contributed by atoms with Gasteiger partial charge in [-0.1, -0.05) is 80.6 Å². The lowest BCUT2D eigenvalue weighted by Crippen LogP contribution is -2.82. The van der Waals surface area contributed by atoms with Crippen molar-refractivity contribution in [3.63, 3.8) is 0 Å². The highest BCUT2D eigenvalue weighted by Crippen LogP contribution is 2.64. The number of benzene rings is 3. The molecule has 3 aliphatic carbocycles. The van der Waals surface area contributed by atoms with Crippen molar-refractivity contribution in [2.75, 3.05) is 6.61 Å². The second kappa shape index (κ2) is 16.5. The maximum absolute atomic E-state index is 15.5. The third kappa shape index (κ3) is 7.29. The smallest absolute Gasteiger partial charge is 0.338 e. The summed E-state index contributed by atoms with van der Waals surface area (Å²) in [6, 6.07) is 22.9. The van der Waals surface area contributed by atoms with Crippen molar-refractivity contribution in [3.05, 3.63) is 119 Å². The third-order valence-corrected chi connectivity index (χ3v) is 13.5. The summed E-state index contributed by atoms with van der Waals surface area (Å²) in [5.74, 6) is -6.84. The van der Waals surface area contributed by atoms with Gasteiger partial charge >= 0.3 is 23.9 Å². The molecule has 328 valence electrons. The molecule has 15 nitrogen and oxygen atoms in total. The number of carbonyl (C=O) groups excluding carboxylic acids is 6. The van der Waals surface area contributed by atoms with Crippen LogP contribution in [0.2, 0.25) is 0 Å². The predicted molar refractivity (Wildman–Crippen MR) is 218 cm³/mol. The van der Waals surface area contributed by atoms with Gasteiger partial charge in [-0.15, -0.1) is 0 Å². The maximum atomic E-state index is 15.5. The summed E-state index contributed by atoms with van der Waals surface area (Å²) < 4.78 is 30.3. The lowest BCUT2D eigenvalue weighted by Gasteiger charge is -2.67. The first kappa shape index (κ1) is 44.3. The highest BCUT2D eigenvalue weighted by Gasteiger charge is 2.78. The number of rotatable bonds is 10. The minimum atomic E-state index is -2.39. The summed E-state index contributed by atoms with van der Waals surface area (Å²) in [6.07, 6.45) is -10.5. The SMILES string of the molecule is CC(=O)O[C@H]1C(=O)[C@@]2(C)C(C(OC(=O)c3ccccc3)[C@]3(O)C[C@H](OC(=O)[C@H](O)[C@@H](NC(=O)c4ccccc4)c4ccccc4)C(C)=C1C3(C)C)[C@]1(OC(C)=O)COC1C[C@@H]2O. The molecular formula is C47H51NO14. The number of fused-ring (bicyclic) bond motifs is 5. The van der Waals surface area contributed by atoms with Gasteiger partial charge in [0.15, 0.2) is 23.6 Å². The first-order valence-electron chi connectivity index (χ1n) is 20.5. The van der Waals surface area contributed by atoms with E-state index in [0.717, 1.165) is 13.8 Å². The Kier molecular flexibility index (Phi) is 11.8. The normalized spacial score (nSPS) is 31.9. The van der Waals surface area contributed by atoms with Gasteiger partial charge in [-0.05, 0) is 54.8 Å². The zero-order chi connectivity index (χ0) is 44.9. The molecule has 3 aromatic rings. The van der Waals surface area contributed by atoms with Crippen LogP contribution < -0.4 is 5.32 Å². The molecule has 11 atom stereocenters. The lowest BCUT2D eigenvalue weighted by molar-refractivity contribution is -0.346. The molecule has 1 saturated heterocycles. The van der Waals surface area contributed by atoms with E-state index in [-0.39, 0.29) is 35.3 Å². The van der Waals surface area contributed by atoms with Crippen molar-refractivity contribution in [3.8, 4) is 0 Å². The minimum absolute atomic E-state index is 0.00289. The van der Waals surface area contributed by atoms with Crippen LogP contribution in [0.5, 0.6) is 0 Å². The Hall–Kier alpha value is -5.74. The molecule has 3 fully saturated rings. The van der Waals surface area contributed by atoms with E-state index in [1.165, 1.54) is 26.0 Å². The van der Waals surface area contributed by atoms with Crippen LogP contribution >= 0.6 is 0 Å². The third-order valence-electron chi connectivity index (χ3n) is 13.5. The number of amides is 1. The van der Waals surface area contributed by atoms with Crippen molar-refractivity contribution < 1.29 is 67.8 Å². The van der Waals surface area contributed by atoms with Gasteiger partial charge in [-0.3, -0.25) is 19.2 Å². The van der Waals surface area contributed by atoms with Crippen LogP contribution in [-0.2, 0) is 42.9 Å². The first-order chi connectivity index (χ1) is 29.3. The molecule has 1 amide bonds. The summed E-state index contributed by atoms with van der Waals surface area (Å²) in [5, 5.41) is 40.2. The van der Waals surface area contributed by atoms with Crippen molar-refractivity contribution in [1.82, 2.24) is 5.32 Å². The van der Waals surface area contributed by atoms with Crippen LogP contribution in [0.3, 0.4) is 0 Å². The van der Waals surface area contributed by atoms with Gasteiger partial charge < -0.3 is 44.3 Å². The summed E-state index contributed by atoms with van der Waals surface area (Å²) in [5.41, 5.74) is -7.02. The first-order valence-corrected chi connectivity index (χ1v) is 20.5. The van der Waals surface area contributed by atoms with Crippen molar-refractivity contribution in [2.24, 2.45) is 16.7 Å². The molecular weight excluding hydrogens is 803 g/mol. The molecule has 7 rings (SSSR count). The van der Waals surface area contributed by atoms with E-state index in [0.29, 0.717) is 5.56 Å². The topological polar surface area (TPSA) is 221 Å². The van der Waals surface area contributed by atoms with E-state index >= 15 is 4.79 Å². The fraction of sp³-hybridized carbons (Fsp3) is 0.447. The highest BCUT2D eigenvalue weighted by molar-refractivity contribution is 5.96. The molecule has 0 spiro atoms. The number of esters is 4. The molecule has 62 heavy (non-hydrogen) atoms. The molecule has 0 aromatic heterocycles. The summed E-state index contributed by atoms with van der Waals surface area (Å²) in [6.45, 7) is 7.97. The molecule has 0 radical (unpaired) electrons. The Morgan fingerprint density at radius 2 is 1.40 bits per heavy atom. The van der Waals surface area contributed by atoms with Gasteiger partial charge in [0, 0.05) is 37.7 Å². The van der Waals surface area contributed by atoms with Crippen LogP contribution in [0.15, 0.2) is 102 Å². The molecule has 3 aromatic carbocycles. The predicted octanol–water partition coefficient (Wildman–Crippen LogP) is 3.74. The molecule has 2 bridgehead atoms. The van der Waals surface area contributed by atoms with E-state index < -0.39 is 113 Å². The van der Waals surface area contributed by atoms with E-state index in [2.05, 4.69) is 5.32 Å². The molecule has 4 N–H and O–H groups in total. The number of carbonyl (C=O) groups is 6. The minimum Gasteiger partial charge on any atom is -0.456 e. The number of nitrogens with one attached hydrogen (secondary N) is 1.